The van der Waals surface area contributed by atoms with Crippen molar-refractivity contribution in [1.82, 2.24) is 4.98 Å². The van der Waals surface area contributed by atoms with Crippen molar-refractivity contribution in [2.45, 2.75) is 0 Å². The lowest BCUT2D eigenvalue weighted by Crippen LogP contribution is -1.90. The Kier molecular flexibility index (Phi) is 4.01. The second-order valence-electron chi connectivity index (χ2n) is 3.15. The smallest absolute Gasteiger partial charge is 0.233 e. The van der Waals surface area contributed by atoms with Crippen LogP contribution in [0.25, 0.3) is 0 Å². The van der Waals surface area contributed by atoms with Gasteiger partial charge in [-0.3, -0.25) is 0 Å². The van der Waals surface area contributed by atoms with Gasteiger partial charge in [-0.1, -0.05) is 27.5 Å². The van der Waals surface area contributed by atoms with Gasteiger partial charge >= 0.3 is 0 Å². The highest BCUT2D eigenvalue weighted by Crippen LogP contribution is 2.31. The molecule has 0 unspecified atom stereocenters. The van der Waals surface area contributed by atoms with E-state index in [0.717, 1.165) is 0 Å². The molecule has 0 atom stereocenters. The van der Waals surface area contributed by atoms with Crippen LogP contribution in [-0.4, -0.2) is 4.98 Å². The third-order valence-corrected chi connectivity index (χ3v) is 3.06. The van der Waals surface area contributed by atoms with Crippen molar-refractivity contribution in [2.75, 3.05) is 0 Å². The van der Waals surface area contributed by atoms with Gasteiger partial charge in [-0.05, 0) is 34.1 Å². The van der Waals surface area contributed by atoms with Gasteiger partial charge in [0.2, 0.25) is 5.88 Å². The van der Waals surface area contributed by atoms with Crippen LogP contribution in [0.15, 0.2) is 39.4 Å². The SMILES string of the molecule is Fc1cc(Br)cc(Oc2ncc(Cl)cc2Br)c1. The molecule has 2 nitrogen and oxygen atoms in total. The van der Waals surface area contributed by atoms with Gasteiger partial charge in [0, 0.05) is 16.7 Å². The van der Waals surface area contributed by atoms with Crippen molar-refractivity contribution in [2.24, 2.45) is 0 Å². The van der Waals surface area contributed by atoms with E-state index in [4.69, 9.17) is 16.3 Å². The fourth-order valence-electron chi connectivity index (χ4n) is 1.18. The first-order chi connectivity index (χ1) is 8.04. The number of pyridine rings is 1. The van der Waals surface area contributed by atoms with Crippen molar-refractivity contribution >= 4 is 43.5 Å². The van der Waals surface area contributed by atoms with E-state index in [2.05, 4.69) is 36.8 Å². The van der Waals surface area contributed by atoms with Crippen LogP contribution in [0.2, 0.25) is 5.02 Å². The standard InChI is InChI=1S/C11H5Br2ClFNO/c12-6-1-8(15)4-9(2-6)17-11-10(13)3-7(14)5-16-11/h1-5H. The average Bonchev–Trinajstić information content (AvgIpc) is 2.21. The third-order valence-electron chi connectivity index (χ3n) is 1.82. The first-order valence-corrected chi connectivity index (χ1v) is 6.46. The summed E-state index contributed by atoms with van der Waals surface area (Å²) in [6, 6.07) is 5.91. The van der Waals surface area contributed by atoms with Gasteiger partial charge in [0.15, 0.2) is 0 Å². The Morgan fingerprint density at radius 2 is 1.94 bits per heavy atom. The largest absolute Gasteiger partial charge is 0.438 e. The zero-order valence-corrected chi connectivity index (χ0v) is 12.2. The minimum atomic E-state index is -0.389. The zero-order chi connectivity index (χ0) is 12.4. The van der Waals surface area contributed by atoms with Crippen LogP contribution in [0.4, 0.5) is 4.39 Å². The minimum absolute atomic E-state index is 0.326. The molecule has 2 rings (SSSR count). The molecule has 0 saturated heterocycles. The Labute approximate surface area is 119 Å². The van der Waals surface area contributed by atoms with Crippen LogP contribution in [0.5, 0.6) is 11.6 Å². The molecular formula is C11H5Br2ClFNO. The van der Waals surface area contributed by atoms with E-state index in [1.807, 2.05) is 0 Å². The fraction of sp³-hybridized carbons (Fsp3) is 0. The lowest BCUT2D eigenvalue weighted by molar-refractivity contribution is 0.454. The van der Waals surface area contributed by atoms with E-state index < -0.39 is 0 Å². The molecule has 0 amide bonds. The molecule has 1 heterocycles. The molecule has 1 aromatic heterocycles. The Balaban J connectivity index is 2.31. The Morgan fingerprint density at radius 3 is 2.59 bits per heavy atom. The number of hydrogen-bond donors (Lipinski definition) is 0. The number of rotatable bonds is 2. The zero-order valence-electron chi connectivity index (χ0n) is 8.25. The van der Waals surface area contributed by atoms with Gasteiger partial charge < -0.3 is 4.74 Å². The summed E-state index contributed by atoms with van der Waals surface area (Å²) in [4.78, 5) is 3.99. The van der Waals surface area contributed by atoms with Gasteiger partial charge in [-0.25, -0.2) is 9.37 Å². The monoisotopic (exact) mass is 379 g/mol. The van der Waals surface area contributed by atoms with E-state index in [1.54, 1.807) is 12.1 Å². The average molecular weight is 381 g/mol. The molecule has 1 aromatic carbocycles. The quantitative estimate of drug-likeness (QED) is 0.714. The van der Waals surface area contributed by atoms with Crippen LogP contribution < -0.4 is 4.74 Å². The van der Waals surface area contributed by atoms with E-state index in [9.17, 15) is 4.39 Å². The normalized spacial score (nSPS) is 10.4. The predicted octanol–water partition coefficient (Wildman–Crippen LogP) is 5.19. The van der Waals surface area contributed by atoms with Crippen molar-refractivity contribution in [3.8, 4) is 11.6 Å². The molecule has 0 fully saturated rings. The highest BCUT2D eigenvalue weighted by atomic mass is 79.9. The highest BCUT2D eigenvalue weighted by molar-refractivity contribution is 9.10. The summed E-state index contributed by atoms with van der Waals surface area (Å²) in [5, 5.41) is 0.490. The summed E-state index contributed by atoms with van der Waals surface area (Å²) in [6.07, 6.45) is 1.45. The Morgan fingerprint density at radius 1 is 1.18 bits per heavy atom. The van der Waals surface area contributed by atoms with Gasteiger partial charge in [0.05, 0.1) is 9.50 Å². The number of benzene rings is 1. The third kappa shape index (κ3) is 3.40. The molecule has 0 spiro atoms. The fourth-order valence-corrected chi connectivity index (χ4v) is 2.34. The number of ether oxygens (including phenoxy) is 1. The minimum Gasteiger partial charge on any atom is -0.438 e. The van der Waals surface area contributed by atoms with Gasteiger partial charge in [-0.2, -0.15) is 0 Å². The van der Waals surface area contributed by atoms with Crippen LogP contribution in [0.3, 0.4) is 0 Å². The van der Waals surface area contributed by atoms with Crippen LogP contribution in [0, 0.1) is 5.82 Å². The number of aromatic nitrogens is 1. The molecular weight excluding hydrogens is 376 g/mol. The first kappa shape index (κ1) is 12.8. The molecule has 0 aliphatic heterocycles. The lowest BCUT2D eigenvalue weighted by Gasteiger charge is -2.07. The predicted molar refractivity (Wildman–Crippen MR) is 71.1 cm³/mol. The maximum absolute atomic E-state index is 13.1. The maximum Gasteiger partial charge on any atom is 0.233 e. The summed E-state index contributed by atoms with van der Waals surface area (Å²) >= 11 is 12.2. The van der Waals surface area contributed by atoms with Crippen LogP contribution in [-0.2, 0) is 0 Å². The lowest BCUT2D eigenvalue weighted by atomic mass is 10.3. The molecule has 0 aliphatic carbocycles. The molecule has 0 bridgehead atoms. The van der Waals surface area contributed by atoms with E-state index in [-0.39, 0.29) is 5.82 Å². The topological polar surface area (TPSA) is 22.1 Å². The molecule has 0 saturated carbocycles. The number of nitrogens with zero attached hydrogens (tertiary/aromatic N) is 1. The van der Waals surface area contributed by atoms with Crippen molar-refractivity contribution in [3.63, 3.8) is 0 Å². The summed E-state index contributed by atoms with van der Waals surface area (Å²) < 4.78 is 19.8. The summed E-state index contributed by atoms with van der Waals surface area (Å²) in [7, 11) is 0. The first-order valence-electron chi connectivity index (χ1n) is 4.49. The Hall–Kier alpha value is -0.650. The van der Waals surface area contributed by atoms with Crippen LogP contribution >= 0.6 is 43.5 Å². The van der Waals surface area contributed by atoms with Crippen molar-refractivity contribution in [3.05, 3.63) is 50.2 Å². The second kappa shape index (κ2) is 5.33. The molecule has 0 aliphatic rings. The molecule has 88 valence electrons. The molecule has 17 heavy (non-hydrogen) atoms. The molecule has 0 radical (unpaired) electrons. The number of halogens is 4. The highest BCUT2D eigenvalue weighted by Gasteiger charge is 2.07. The maximum atomic E-state index is 13.1. The van der Waals surface area contributed by atoms with Gasteiger partial charge in [0.25, 0.3) is 0 Å². The van der Waals surface area contributed by atoms with Crippen molar-refractivity contribution in [1.29, 1.82) is 0 Å². The Bertz CT molecular complexity index is 545. The van der Waals surface area contributed by atoms with E-state index in [0.29, 0.717) is 25.6 Å². The summed E-state index contributed by atoms with van der Waals surface area (Å²) in [6.45, 7) is 0. The van der Waals surface area contributed by atoms with E-state index in [1.165, 1.54) is 18.3 Å². The summed E-state index contributed by atoms with van der Waals surface area (Å²) in [5.74, 6) is 0.291. The van der Waals surface area contributed by atoms with E-state index >= 15 is 0 Å². The summed E-state index contributed by atoms with van der Waals surface area (Å²) in [5.41, 5.74) is 0. The van der Waals surface area contributed by atoms with Crippen LogP contribution in [0.1, 0.15) is 0 Å². The molecule has 0 N–H and O–H groups in total. The molecule has 6 heteroatoms. The number of hydrogen-bond acceptors (Lipinski definition) is 2. The van der Waals surface area contributed by atoms with Gasteiger partial charge in [-0.15, -0.1) is 0 Å². The van der Waals surface area contributed by atoms with Gasteiger partial charge in [0.1, 0.15) is 11.6 Å². The van der Waals surface area contributed by atoms with Crippen molar-refractivity contribution < 1.29 is 9.13 Å². The second-order valence-corrected chi connectivity index (χ2v) is 5.35. The molecule has 2 aromatic rings.